The predicted octanol–water partition coefficient (Wildman–Crippen LogP) is 2.69. The highest BCUT2D eigenvalue weighted by Gasteiger charge is 2.15. The number of primary amides is 1. The van der Waals surface area contributed by atoms with Crippen molar-refractivity contribution in [1.29, 1.82) is 5.26 Å². The highest BCUT2D eigenvalue weighted by Crippen LogP contribution is 2.26. The van der Waals surface area contributed by atoms with Gasteiger partial charge < -0.3 is 26.2 Å². The van der Waals surface area contributed by atoms with Crippen LogP contribution in [0, 0.1) is 11.3 Å². The molecule has 0 radical (unpaired) electrons. The van der Waals surface area contributed by atoms with E-state index in [0.29, 0.717) is 28.6 Å². The van der Waals surface area contributed by atoms with Crippen LogP contribution in [0.25, 0.3) is 0 Å². The van der Waals surface area contributed by atoms with Gasteiger partial charge in [-0.2, -0.15) is 5.26 Å². The average Bonchev–Trinajstić information content (AvgIpc) is 2.80. The number of amides is 1. The Morgan fingerprint density at radius 3 is 2.44 bits per heavy atom. The number of para-hydroxylation sites is 1. The van der Waals surface area contributed by atoms with E-state index in [0.717, 1.165) is 31.9 Å². The molecule has 0 bridgehead atoms. The third-order valence-electron chi connectivity index (χ3n) is 5.36. The number of benzene rings is 1. The van der Waals surface area contributed by atoms with Crippen molar-refractivity contribution >= 4 is 34.6 Å². The summed E-state index contributed by atoms with van der Waals surface area (Å²) >= 11 is 0. The summed E-state index contributed by atoms with van der Waals surface area (Å²) < 4.78 is 0. The maximum atomic E-state index is 11.9. The number of nitrogens with zero attached hydrogens (tertiary/aromatic N) is 5. The number of hydrogen-bond donors (Lipinski definition) is 3. The van der Waals surface area contributed by atoms with E-state index in [-0.39, 0.29) is 5.56 Å². The number of nitriles is 1. The van der Waals surface area contributed by atoms with Gasteiger partial charge in [0.1, 0.15) is 17.7 Å². The molecule has 1 saturated heterocycles. The maximum Gasteiger partial charge on any atom is 0.252 e. The van der Waals surface area contributed by atoms with Crippen LogP contribution in [0.2, 0.25) is 0 Å². The van der Waals surface area contributed by atoms with Crippen LogP contribution in [0.4, 0.5) is 28.7 Å². The van der Waals surface area contributed by atoms with Crippen LogP contribution in [0.1, 0.15) is 15.9 Å². The molecule has 0 aliphatic carbocycles. The highest BCUT2D eigenvalue weighted by atomic mass is 16.1. The number of carbonyl (C=O) groups is 1. The van der Waals surface area contributed by atoms with Gasteiger partial charge in [0, 0.05) is 38.4 Å². The SMILES string of the molecule is CN1CCN(c2ccc(Nc3cc(Nc4ccccc4C#N)c(C(N)=O)cn3)nc2)CC1. The summed E-state index contributed by atoms with van der Waals surface area (Å²) in [5.74, 6) is 0.507. The fourth-order valence-electron chi connectivity index (χ4n) is 3.50. The minimum absolute atomic E-state index is 0.224. The minimum atomic E-state index is -0.615. The van der Waals surface area contributed by atoms with E-state index in [4.69, 9.17) is 5.73 Å². The summed E-state index contributed by atoms with van der Waals surface area (Å²) in [4.78, 5) is 25.3. The third kappa shape index (κ3) is 4.77. The molecule has 4 rings (SSSR count). The van der Waals surface area contributed by atoms with Gasteiger partial charge in [-0.15, -0.1) is 0 Å². The normalized spacial score (nSPS) is 13.9. The van der Waals surface area contributed by atoms with Crippen molar-refractivity contribution in [2.24, 2.45) is 5.73 Å². The van der Waals surface area contributed by atoms with Crippen LogP contribution in [0.5, 0.6) is 0 Å². The molecule has 1 aliphatic rings. The fraction of sp³-hybridized carbons (Fsp3) is 0.217. The number of anilines is 5. The van der Waals surface area contributed by atoms with Crippen molar-refractivity contribution in [3.05, 3.63) is 66.0 Å². The van der Waals surface area contributed by atoms with Gasteiger partial charge in [0.15, 0.2) is 0 Å². The van der Waals surface area contributed by atoms with Crippen molar-refractivity contribution in [1.82, 2.24) is 14.9 Å². The summed E-state index contributed by atoms with van der Waals surface area (Å²) in [7, 11) is 2.13. The predicted molar refractivity (Wildman–Crippen MR) is 124 cm³/mol. The van der Waals surface area contributed by atoms with Crippen molar-refractivity contribution in [3.8, 4) is 6.07 Å². The highest BCUT2D eigenvalue weighted by molar-refractivity contribution is 5.99. The molecule has 9 heteroatoms. The molecule has 32 heavy (non-hydrogen) atoms. The Kier molecular flexibility index (Phi) is 6.14. The van der Waals surface area contributed by atoms with Gasteiger partial charge in [-0.25, -0.2) is 9.97 Å². The second-order valence-corrected chi connectivity index (χ2v) is 7.58. The largest absolute Gasteiger partial charge is 0.368 e. The third-order valence-corrected chi connectivity index (χ3v) is 5.36. The summed E-state index contributed by atoms with van der Waals surface area (Å²) in [6.07, 6.45) is 3.24. The molecule has 0 spiro atoms. The van der Waals surface area contributed by atoms with E-state index in [1.165, 1.54) is 6.20 Å². The van der Waals surface area contributed by atoms with Gasteiger partial charge in [0.05, 0.1) is 34.4 Å². The van der Waals surface area contributed by atoms with Gasteiger partial charge in [0.25, 0.3) is 5.91 Å². The number of aromatic nitrogens is 2. The van der Waals surface area contributed by atoms with E-state index < -0.39 is 5.91 Å². The molecule has 9 nitrogen and oxygen atoms in total. The molecule has 1 amide bonds. The molecule has 162 valence electrons. The number of hydrogen-bond acceptors (Lipinski definition) is 8. The Labute approximate surface area is 186 Å². The number of carbonyl (C=O) groups excluding carboxylic acids is 1. The van der Waals surface area contributed by atoms with Crippen LogP contribution in [0.15, 0.2) is 54.9 Å². The van der Waals surface area contributed by atoms with Gasteiger partial charge in [-0.05, 0) is 31.3 Å². The van der Waals surface area contributed by atoms with Crippen molar-refractivity contribution in [2.45, 2.75) is 0 Å². The van der Waals surface area contributed by atoms with E-state index in [9.17, 15) is 10.1 Å². The molecule has 3 aromatic rings. The van der Waals surface area contributed by atoms with Crippen molar-refractivity contribution in [3.63, 3.8) is 0 Å². The molecular formula is C23H24N8O. The zero-order valence-electron chi connectivity index (χ0n) is 17.7. The van der Waals surface area contributed by atoms with Gasteiger partial charge >= 0.3 is 0 Å². The van der Waals surface area contributed by atoms with Crippen LogP contribution >= 0.6 is 0 Å². The minimum Gasteiger partial charge on any atom is -0.368 e. The molecule has 1 aromatic carbocycles. The molecule has 0 atom stereocenters. The number of nitrogens with two attached hydrogens (primary N) is 1. The van der Waals surface area contributed by atoms with E-state index in [1.807, 2.05) is 18.3 Å². The summed E-state index contributed by atoms with van der Waals surface area (Å²) in [6, 6.07) is 14.8. The van der Waals surface area contributed by atoms with E-state index in [2.05, 4.69) is 43.5 Å². The lowest BCUT2D eigenvalue weighted by molar-refractivity contribution is 0.100. The first kappa shape index (κ1) is 21.1. The van der Waals surface area contributed by atoms with Crippen LogP contribution < -0.4 is 21.3 Å². The summed E-state index contributed by atoms with van der Waals surface area (Å²) in [6.45, 7) is 4.00. The monoisotopic (exact) mass is 428 g/mol. The lowest BCUT2D eigenvalue weighted by atomic mass is 10.1. The topological polar surface area (TPSA) is 123 Å². The lowest BCUT2D eigenvalue weighted by Gasteiger charge is -2.33. The first-order valence-electron chi connectivity index (χ1n) is 10.3. The quantitative estimate of drug-likeness (QED) is 0.548. The molecule has 3 heterocycles. The van der Waals surface area contributed by atoms with Gasteiger partial charge in [-0.1, -0.05) is 12.1 Å². The first-order chi connectivity index (χ1) is 15.5. The Balaban J connectivity index is 1.53. The summed E-state index contributed by atoms with van der Waals surface area (Å²) in [5.41, 5.74) is 8.29. The standard InChI is InChI=1S/C23H24N8O/c1-30-8-10-31(11-9-30)17-6-7-21(26-14-17)29-22-12-20(18(15-27-22)23(25)32)28-19-5-3-2-4-16(19)13-24/h2-7,12,14-15H,8-11H2,1H3,(H2,25,32)(H2,26,27,28,29). The molecule has 0 unspecified atom stereocenters. The smallest absolute Gasteiger partial charge is 0.252 e. The van der Waals surface area contributed by atoms with Crippen LogP contribution in [-0.2, 0) is 0 Å². The van der Waals surface area contributed by atoms with Gasteiger partial charge in [0.2, 0.25) is 0 Å². The van der Waals surface area contributed by atoms with E-state index in [1.54, 1.807) is 30.3 Å². The number of rotatable bonds is 6. The molecule has 4 N–H and O–H groups in total. The Morgan fingerprint density at radius 2 is 1.75 bits per heavy atom. The maximum absolute atomic E-state index is 11.9. The molecular weight excluding hydrogens is 404 g/mol. The second-order valence-electron chi connectivity index (χ2n) is 7.58. The zero-order chi connectivity index (χ0) is 22.5. The summed E-state index contributed by atoms with van der Waals surface area (Å²) in [5, 5.41) is 15.6. The molecule has 0 saturated carbocycles. The number of nitrogens with one attached hydrogen (secondary N) is 2. The Bertz CT molecular complexity index is 1150. The van der Waals surface area contributed by atoms with Crippen molar-refractivity contribution < 1.29 is 4.79 Å². The Hall–Kier alpha value is -4.16. The van der Waals surface area contributed by atoms with E-state index >= 15 is 0 Å². The van der Waals surface area contributed by atoms with Crippen LogP contribution in [-0.4, -0.2) is 54.0 Å². The first-order valence-corrected chi connectivity index (χ1v) is 10.3. The molecule has 1 fully saturated rings. The zero-order valence-corrected chi connectivity index (χ0v) is 17.7. The number of likely N-dealkylation sites (N-methyl/N-ethyl adjacent to an activating group) is 1. The number of piperazine rings is 1. The second kappa shape index (κ2) is 9.32. The van der Waals surface area contributed by atoms with Gasteiger partial charge in [-0.3, -0.25) is 4.79 Å². The fourth-order valence-corrected chi connectivity index (χ4v) is 3.50. The molecule has 1 aliphatic heterocycles. The Morgan fingerprint density at radius 1 is 1.00 bits per heavy atom. The molecule has 2 aromatic heterocycles. The van der Waals surface area contributed by atoms with Crippen molar-refractivity contribution in [2.75, 3.05) is 48.8 Å². The number of pyridine rings is 2. The average molecular weight is 429 g/mol. The van der Waals surface area contributed by atoms with Crippen LogP contribution in [0.3, 0.4) is 0 Å². The lowest BCUT2D eigenvalue weighted by Crippen LogP contribution is -2.44.